The third kappa shape index (κ3) is 4.81. The molecule has 0 amide bonds. The molecule has 12 atom stereocenters. The third-order valence-electron chi connectivity index (χ3n) is 9.33. The molecule has 1 aliphatic carbocycles. The Balaban J connectivity index is 2.08. The van der Waals surface area contributed by atoms with Crippen molar-refractivity contribution in [1.82, 2.24) is 0 Å². The SMILES string of the molecule is C=C1[C@H](Cl)[C@@H]2OC(=O)[C@H](C)C23O[C@@]1(O)C[C@H](OC(C)=O)[C@]1(C)[C@H]([C@@H](C)[C@H](OC(C)=O)C[C@@H]1OC(C)=O)[C@@H]3OC(C)=O. The number of esters is 5. The molecule has 41 heavy (non-hydrogen) atoms. The van der Waals surface area contributed by atoms with Crippen LogP contribution >= 0.6 is 11.6 Å². The van der Waals surface area contributed by atoms with Gasteiger partial charge in [-0.25, -0.2) is 0 Å². The highest BCUT2D eigenvalue weighted by Crippen LogP contribution is 2.63. The van der Waals surface area contributed by atoms with Crippen molar-refractivity contribution < 1.29 is 57.5 Å². The lowest BCUT2D eigenvalue weighted by atomic mass is 9.51. The van der Waals surface area contributed by atoms with Gasteiger partial charge < -0.3 is 33.5 Å². The molecule has 2 bridgehead atoms. The Kier molecular flexibility index (Phi) is 8.03. The maximum Gasteiger partial charge on any atom is 0.312 e. The van der Waals surface area contributed by atoms with Crippen LogP contribution in [0.15, 0.2) is 12.2 Å². The van der Waals surface area contributed by atoms with Gasteiger partial charge >= 0.3 is 29.8 Å². The first-order valence-electron chi connectivity index (χ1n) is 13.5. The summed E-state index contributed by atoms with van der Waals surface area (Å²) < 4.78 is 35.4. The smallest absolute Gasteiger partial charge is 0.312 e. The molecule has 3 saturated heterocycles. The van der Waals surface area contributed by atoms with Crippen LogP contribution in [0.3, 0.4) is 0 Å². The van der Waals surface area contributed by atoms with Crippen molar-refractivity contribution >= 4 is 41.4 Å². The van der Waals surface area contributed by atoms with Crippen LogP contribution in [0, 0.1) is 23.2 Å². The number of carbonyl (C=O) groups is 5. The number of rotatable bonds is 4. The molecule has 1 unspecified atom stereocenters. The van der Waals surface area contributed by atoms with Gasteiger partial charge in [-0.2, -0.15) is 0 Å². The number of hydrogen-bond acceptors (Lipinski definition) is 12. The normalized spacial score (nSPS) is 45.1. The predicted octanol–water partition coefficient (Wildman–Crippen LogP) is 1.96. The molecule has 4 fully saturated rings. The highest BCUT2D eigenvalue weighted by atomic mass is 35.5. The van der Waals surface area contributed by atoms with Crippen molar-refractivity contribution in [3.8, 4) is 0 Å². The van der Waals surface area contributed by atoms with E-state index in [9.17, 15) is 29.1 Å². The number of ether oxygens (including phenoxy) is 6. The first-order valence-corrected chi connectivity index (χ1v) is 14.0. The lowest BCUT2D eigenvalue weighted by Gasteiger charge is -2.63. The Labute approximate surface area is 242 Å². The summed E-state index contributed by atoms with van der Waals surface area (Å²) in [6.45, 7) is 13.7. The minimum Gasteiger partial charge on any atom is -0.462 e. The molecule has 3 aliphatic heterocycles. The molecule has 12 nitrogen and oxygen atoms in total. The average Bonchev–Trinajstić information content (AvgIpc) is 3.09. The number of alkyl halides is 1. The van der Waals surface area contributed by atoms with E-state index in [0.717, 1.165) is 0 Å². The van der Waals surface area contributed by atoms with E-state index in [4.69, 9.17) is 40.0 Å². The van der Waals surface area contributed by atoms with Gasteiger partial charge in [0.15, 0.2) is 17.5 Å². The Morgan fingerprint density at radius 1 is 0.951 bits per heavy atom. The highest BCUT2D eigenvalue weighted by molar-refractivity contribution is 6.23. The van der Waals surface area contributed by atoms with Crippen LogP contribution in [0.4, 0.5) is 0 Å². The second kappa shape index (κ2) is 10.5. The van der Waals surface area contributed by atoms with Gasteiger partial charge in [-0.15, -0.1) is 11.6 Å². The van der Waals surface area contributed by atoms with Crippen LogP contribution in [0.25, 0.3) is 0 Å². The largest absolute Gasteiger partial charge is 0.462 e. The molecular formula is C28H37ClO12. The fourth-order valence-corrected chi connectivity index (χ4v) is 7.92. The Hall–Kier alpha value is -2.70. The number of fused-ring (bicyclic) bond motifs is 2. The van der Waals surface area contributed by atoms with E-state index in [1.807, 2.05) is 0 Å². The van der Waals surface area contributed by atoms with Crippen molar-refractivity contribution in [2.24, 2.45) is 23.2 Å². The summed E-state index contributed by atoms with van der Waals surface area (Å²) in [4.78, 5) is 63.0. The molecule has 228 valence electrons. The van der Waals surface area contributed by atoms with Crippen LogP contribution in [0.2, 0.25) is 0 Å². The van der Waals surface area contributed by atoms with Gasteiger partial charge in [0.1, 0.15) is 24.4 Å². The zero-order valence-corrected chi connectivity index (χ0v) is 24.9. The highest BCUT2D eigenvalue weighted by Gasteiger charge is 2.77. The summed E-state index contributed by atoms with van der Waals surface area (Å²) in [6, 6.07) is 0. The van der Waals surface area contributed by atoms with Crippen LogP contribution in [0.5, 0.6) is 0 Å². The molecule has 4 rings (SSSR count). The molecular weight excluding hydrogens is 564 g/mol. The van der Waals surface area contributed by atoms with Crippen molar-refractivity contribution in [1.29, 1.82) is 0 Å². The average molecular weight is 601 g/mol. The van der Waals surface area contributed by atoms with Crippen molar-refractivity contribution in [3.05, 3.63) is 12.2 Å². The minimum absolute atomic E-state index is 0.0116. The molecule has 13 heteroatoms. The lowest BCUT2D eigenvalue weighted by molar-refractivity contribution is -0.355. The van der Waals surface area contributed by atoms with E-state index in [-0.39, 0.29) is 12.0 Å². The molecule has 1 N–H and O–H groups in total. The molecule has 1 spiro atoms. The Morgan fingerprint density at radius 2 is 1.49 bits per heavy atom. The van der Waals surface area contributed by atoms with Gasteiger partial charge in [-0.05, 0) is 6.92 Å². The van der Waals surface area contributed by atoms with E-state index in [1.54, 1.807) is 13.8 Å². The van der Waals surface area contributed by atoms with Gasteiger partial charge in [0.25, 0.3) is 0 Å². The molecule has 4 aliphatic rings. The van der Waals surface area contributed by atoms with Crippen LogP contribution < -0.4 is 0 Å². The van der Waals surface area contributed by atoms with Gasteiger partial charge in [0.2, 0.25) is 0 Å². The maximum absolute atomic E-state index is 13.2. The quantitative estimate of drug-likeness (QED) is 0.216. The van der Waals surface area contributed by atoms with Crippen molar-refractivity contribution in [2.75, 3.05) is 0 Å². The second-order valence-electron chi connectivity index (χ2n) is 11.8. The number of aliphatic hydroxyl groups is 1. The lowest BCUT2D eigenvalue weighted by Crippen LogP contribution is -2.76. The van der Waals surface area contributed by atoms with E-state index in [1.165, 1.54) is 34.6 Å². The van der Waals surface area contributed by atoms with Gasteiger partial charge in [-0.3, -0.25) is 24.0 Å². The number of halogens is 1. The molecule has 0 aromatic carbocycles. The first-order chi connectivity index (χ1) is 18.9. The number of carbonyl (C=O) groups excluding carboxylic acids is 5. The molecule has 1 saturated carbocycles. The van der Waals surface area contributed by atoms with E-state index >= 15 is 0 Å². The number of hydrogen-bond donors (Lipinski definition) is 1. The summed E-state index contributed by atoms with van der Waals surface area (Å²) in [5.41, 5.74) is -3.30. The minimum atomic E-state index is -2.28. The van der Waals surface area contributed by atoms with Crippen molar-refractivity contribution in [3.63, 3.8) is 0 Å². The maximum atomic E-state index is 13.2. The zero-order valence-electron chi connectivity index (χ0n) is 24.1. The molecule has 0 aromatic heterocycles. The van der Waals surface area contributed by atoms with Crippen LogP contribution in [-0.4, -0.2) is 82.2 Å². The monoisotopic (exact) mass is 600 g/mol. The Morgan fingerprint density at radius 3 is 2.02 bits per heavy atom. The van der Waals surface area contributed by atoms with Gasteiger partial charge in [0.05, 0.1) is 11.3 Å². The summed E-state index contributed by atoms with van der Waals surface area (Å²) in [6.07, 6.45) is -6.18. The standard InChI is InChI=1S/C28H37ClO12/c1-11-18(36-14(4)30)9-19(37-15(5)31)26(8)20(38-16(6)32)10-27(35)12(2)22(29)24-28(41-27,13(3)25(34)40-24)23(21(11)26)39-17(7)33/h11,13,18-24,35H,2,9-10H2,1,3-8H3/t11-,13-,18+,19-,20-,21+,22-,23-,24-,26+,27-,28?/m0/s1. The van der Waals surface area contributed by atoms with Crippen LogP contribution in [0.1, 0.15) is 61.3 Å². The summed E-state index contributed by atoms with van der Waals surface area (Å²) in [5, 5.41) is 10.9. The second-order valence-corrected chi connectivity index (χ2v) is 12.3. The fraction of sp³-hybridized carbons (Fsp3) is 0.750. The Bertz CT molecular complexity index is 1170. The van der Waals surface area contributed by atoms with Crippen LogP contribution in [-0.2, 0) is 52.4 Å². The van der Waals surface area contributed by atoms with Crippen molar-refractivity contribution in [2.45, 2.75) is 109 Å². The summed E-state index contributed by atoms with van der Waals surface area (Å²) in [7, 11) is 0. The predicted molar refractivity (Wildman–Crippen MR) is 139 cm³/mol. The van der Waals surface area contributed by atoms with Gasteiger partial charge in [-0.1, -0.05) is 20.4 Å². The summed E-state index contributed by atoms with van der Waals surface area (Å²) >= 11 is 6.80. The van der Waals surface area contributed by atoms with E-state index in [0.29, 0.717) is 0 Å². The molecule has 0 aromatic rings. The third-order valence-corrected chi connectivity index (χ3v) is 9.82. The van der Waals surface area contributed by atoms with Gasteiger partial charge in [0, 0.05) is 63.4 Å². The van der Waals surface area contributed by atoms with E-state index in [2.05, 4.69) is 6.58 Å². The van der Waals surface area contributed by atoms with E-state index < -0.39 is 107 Å². The molecule has 3 heterocycles. The first kappa shape index (κ1) is 31.2. The fourth-order valence-electron chi connectivity index (χ4n) is 7.50. The topological polar surface area (TPSA) is 161 Å². The zero-order chi connectivity index (χ0) is 30.8. The summed E-state index contributed by atoms with van der Waals surface area (Å²) in [5.74, 6) is -8.42. The molecule has 0 radical (unpaired) electrons.